The van der Waals surface area contributed by atoms with Crippen molar-refractivity contribution in [3.63, 3.8) is 0 Å². The Balaban J connectivity index is 1.37. The Morgan fingerprint density at radius 1 is 0.927 bits per heavy atom. The molecule has 0 aliphatic carbocycles. The van der Waals surface area contributed by atoms with Gasteiger partial charge in [0, 0.05) is 13.0 Å². The first-order valence-corrected chi connectivity index (χ1v) is 14.4. The fraction of sp³-hybridized carbons (Fsp3) is 0.484. The Morgan fingerprint density at radius 2 is 1.63 bits per heavy atom. The number of fused-ring (bicyclic) bond motifs is 1. The molecule has 4 rings (SSSR count). The first-order valence-electron chi connectivity index (χ1n) is 14.4. The van der Waals surface area contributed by atoms with Gasteiger partial charge in [0.1, 0.15) is 18.3 Å². The van der Waals surface area contributed by atoms with Gasteiger partial charge in [0.2, 0.25) is 17.7 Å². The number of carbonyl (C=O) groups excluding carboxylic acids is 4. The molecule has 0 radical (unpaired) electrons. The summed E-state index contributed by atoms with van der Waals surface area (Å²) in [5.74, 6) is -1.45. The van der Waals surface area contributed by atoms with Crippen LogP contribution in [0.3, 0.4) is 0 Å². The van der Waals surface area contributed by atoms with E-state index in [1.54, 1.807) is 36.1 Å². The lowest BCUT2D eigenvalue weighted by Crippen LogP contribution is -2.62. The lowest BCUT2D eigenvalue weighted by molar-refractivity contribution is -0.141. The van der Waals surface area contributed by atoms with Gasteiger partial charge >= 0.3 is 5.97 Å². The van der Waals surface area contributed by atoms with E-state index in [4.69, 9.17) is 4.74 Å². The van der Waals surface area contributed by atoms with Crippen LogP contribution in [-0.4, -0.2) is 77.2 Å². The Bertz CT molecular complexity index is 1180. The highest BCUT2D eigenvalue weighted by Gasteiger charge is 2.40. The molecule has 2 aliphatic heterocycles. The maximum Gasteiger partial charge on any atom is 0.338 e. The number of benzene rings is 2. The number of aliphatic hydroxyl groups excluding tert-OH is 1. The SMILES string of the molecule is C[C@H]1NC(=O)[C@H](CCCCCOC(=O)c2ccccc2)NC(O)[C@H]2CCCN2C(=O)[C@H](Cc2ccccc2)NC1=O. The number of ether oxygens (including phenoxy) is 1. The van der Waals surface area contributed by atoms with Gasteiger partial charge < -0.3 is 25.4 Å². The highest BCUT2D eigenvalue weighted by atomic mass is 16.5. The number of hydrogen-bond donors (Lipinski definition) is 4. The third-order valence-electron chi connectivity index (χ3n) is 7.66. The number of hydrogen-bond acceptors (Lipinski definition) is 7. The van der Waals surface area contributed by atoms with E-state index in [2.05, 4.69) is 16.0 Å². The van der Waals surface area contributed by atoms with Gasteiger partial charge in [0.15, 0.2) is 0 Å². The molecule has 3 amide bonds. The molecule has 1 unspecified atom stereocenters. The van der Waals surface area contributed by atoms with E-state index >= 15 is 0 Å². The van der Waals surface area contributed by atoms with Gasteiger partial charge in [-0.1, -0.05) is 55.0 Å². The van der Waals surface area contributed by atoms with E-state index in [1.807, 2.05) is 36.4 Å². The number of unbranched alkanes of at least 4 members (excludes halogenated alkanes) is 2. The van der Waals surface area contributed by atoms with Crippen LogP contribution in [0.1, 0.15) is 61.4 Å². The molecule has 2 saturated heterocycles. The van der Waals surface area contributed by atoms with E-state index in [9.17, 15) is 24.3 Å². The van der Waals surface area contributed by atoms with E-state index in [-0.39, 0.29) is 18.5 Å². The van der Waals surface area contributed by atoms with Crippen molar-refractivity contribution >= 4 is 23.7 Å². The van der Waals surface area contributed by atoms with Gasteiger partial charge in [-0.3, -0.25) is 19.7 Å². The van der Waals surface area contributed by atoms with Crippen LogP contribution in [0.5, 0.6) is 0 Å². The Hall–Kier alpha value is -3.76. The van der Waals surface area contributed by atoms with Crippen molar-refractivity contribution < 1.29 is 29.0 Å². The van der Waals surface area contributed by atoms with Gasteiger partial charge in [-0.25, -0.2) is 4.79 Å². The first kappa shape index (κ1) is 30.2. The quantitative estimate of drug-likeness (QED) is 0.270. The minimum Gasteiger partial charge on any atom is -0.462 e. The highest BCUT2D eigenvalue weighted by molar-refractivity contribution is 5.93. The van der Waals surface area contributed by atoms with E-state index < -0.39 is 42.2 Å². The molecule has 0 spiro atoms. The zero-order valence-electron chi connectivity index (χ0n) is 23.5. The maximum absolute atomic E-state index is 13.7. The average Bonchev–Trinajstić information content (AvgIpc) is 3.48. The van der Waals surface area contributed by atoms with Gasteiger partial charge in [-0.05, 0) is 56.7 Å². The normalized spacial score (nSPS) is 25.4. The number of aliphatic hydroxyl groups is 1. The van der Waals surface area contributed by atoms with Gasteiger partial charge in [0.25, 0.3) is 0 Å². The number of carbonyl (C=O) groups is 4. The fourth-order valence-corrected chi connectivity index (χ4v) is 5.38. The number of rotatable bonds is 9. The third-order valence-corrected chi connectivity index (χ3v) is 7.66. The number of esters is 1. The average molecular weight is 565 g/mol. The lowest BCUT2D eigenvalue weighted by atomic mass is 10.0. The Morgan fingerprint density at radius 3 is 2.37 bits per heavy atom. The fourth-order valence-electron chi connectivity index (χ4n) is 5.38. The van der Waals surface area contributed by atoms with Crippen molar-refractivity contribution in [2.24, 2.45) is 0 Å². The molecular formula is C31H40N4O6. The second kappa shape index (κ2) is 14.7. The molecule has 0 saturated carbocycles. The molecule has 2 fully saturated rings. The van der Waals surface area contributed by atoms with Crippen LogP contribution in [0.4, 0.5) is 0 Å². The predicted molar refractivity (Wildman–Crippen MR) is 153 cm³/mol. The van der Waals surface area contributed by atoms with Crippen molar-refractivity contribution in [2.45, 2.75) is 82.3 Å². The largest absolute Gasteiger partial charge is 0.462 e. The molecule has 2 aliphatic rings. The van der Waals surface area contributed by atoms with E-state index in [0.717, 1.165) is 12.0 Å². The van der Waals surface area contributed by atoms with Crippen LogP contribution in [0.25, 0.3) is 0 Å². The molecule has 2 aromatic rings. The summed E-state index contributed by atoms with van der Waals surface area (Å²) in [5.41, 5.74) is 1.40. The molecule has 0 bridgehead atoms. The summed E-state index contributed by atoms with van der Waals surface area (Å²) in [6.07, 6.45) is 2.87. The summed E-state index contributed by atoms with van der Waals surface area (Å²) in [7, 11) is 0. The minimum absolute atomic E-state index is 0.244. The summed E-state index contributed by atoms with van der Waals surface area (Å²) in [6.45, 7) is 2.31. The molecule has 0 aromatic heterocycles. The zero-order valence-corrected chi connectivity index (χ0v) is 23.5. The molecule has 2 aromatic carbocycles. The van der Waals surface area contributed by atoms with Gasteiger partial charge in [-0.15, -0.1) is 0 Å². The molecular weight excluding hydrogens is 524 g/mol. The summed E-state index contributed by atoms with van der Waals surface area (Å²) < 4.78 is 5.32. The Labute approximate surface area is 240 Å². The van der Waals surface area contributed by atoms with Crippen molar-refractivity contribution in [2.75, 3.05) is 13.2 Å². The summed E-state index contributed by atoms with van der Waals surface area (Å²) >= 11 is 0. The minimum atomic E-state index is -1.10. The van der Waals surface area contributed by atoms with Crippen LogP contribution in [-0.2, 0) is 25.5 Å². The first-order chi connectivity index (χ1) is 19.8. The van der Waals surface area contributed by atoms with Crippen LogP contribution < -0.4 is 16.0 Å². The van der Waals surface area contributed by atoms with Crippen LogP contribution in [0.2, 0.25) is 0 Å². The molecule has 10 heteroatoms. The predicted octanol–water partition coefficient (Wildman–Crippen LogP) is 1.92. The molecule has 10 nitrogen and oxygen atoms in total. The molecule has 220 valence electrons. The van der Waals surface area contributed by atoms with Crippen LogP contribution in [0, 0.1) is 0 Å². The topological polar surface area (TPSA) is 137 Å². The zero-order chi connectivity index (χ0) is 29.2. The van der Waals surface area contributed by atoms with E-state index in [0.29, 0.717) is 50.6 Å². The number of nitrogens with one attached hydrogen (secondary N) is 3. The van der Waals surface area contributed by atoms with Crippen molar-refractivity contribution in [1.82, 2.24) is 20.9 Å². The molecule has 2 heterocycles. The second-order valence-corrected chi connectivity index (χ2v) is 10.7. The number of amides is 3. The van der Waals surface area contributed by atoms with Crippen molar-refractivity contribution in [1.29, 1.82) is 0 Å². The van der Waals surface area contributed by atoms with Crippen molar-refractivity contribution in [3.8, 4) is 0 Å². The Kier molecular flexibility index (Phi) is 10.9. The number of nitrogens with zero attached hydrogens (tertiary/aromatic N) is 1. The molecule has 4 N–H and O–H groups in total. The molecule has 5 atom stereocenters. The maximum atomic E-state index is 13.7. The summed E-state index contributed by atoms with van der Waals surface area (Å²) in [6, 6.07) is 15.3. The second-order valence-electron chi connectivity index (χ2n) is 10.7. The summed E-state index contributed by atoms with van der Waals surface area (Å²) in [5, 5.41) is 19.8. The molecule has 41 heavy (non-hydrogen) atoms. The third kappa shape index (κ3) is 8.37. The van der Waals surface area contributed by atoms with Crippen LogP contribution in [0.15, 0.2) is 60.7 Å². The van der Waals surface area contributed by atoms with E-state index in [1.165, 1.54) is 0 Å². The van der Waals surface area contributed by atoms with Crippen molar-refractivity contribution in [3.05, 3.63) is 71.8 Å². The lowest BCUT2D eigenvalue weighted by Gasteiger charge is -2.35. The van der Waals surface area contributed by atoms with Gasteiger partial charge in [0.05, 0.1) is 24.3 Å². The smallest absolute Gasteiger partial charge is 0.338 e. The highest BCUT2D eigenvalue weighted by Crippen LogP contribution is 2.22. The standard InChI is InChI=1S/C31H40N4O6/c1-21-27(36)34-25(20-22-12-5-2-6-13-22)30(39)35-18-11-17-26(35)29(38)33-24(28(37)32-21)16-9-4-10-19-41-31(40)23-14-7-3-8-15-23/h2-3,5-8,12-15,21,24-26,29,33,38H,4,9-11,16-20H2,1H3,(H,32,37)(H,34,36)/t21-,24+,25+,26-,29?/m1/s1. The monoisotopic (exact) mass is 564 g/mol. The van der Waals surface area contributed by atoms with Gasteiger partial charge in [-0.2, -0.15) is 0 Å². The summed E-state index contributed by atoms with van der Waals surface area (Å²) in [4.78, 5) is 53.7. The van der Waals surface area contributed by atoms with Crippen LogP contribution >= 0.6 is 0 Å².